The topological polar surface area (TPSA) is 117 Å². The molecule has 1 aromatic heterocycles. The predicted octanol–water partition coefficient (Wildman–Crippen LogP) is 5.90. The fourth-order valence-electron chi connectivity index (χ4n) is 4.91. The number of ether oxygens (including phenoxy) is 1. The molecule has 0 radical (unpaired) electrons. The van der Waals surface area contributed by atoms with Crippen LogP contribution in [0.3, 0.4) is 0 Å². The summed E-state index contributed by atoms with van der Waals surface area (Å²) >= 11 is 0. The monoisotopic (exact) mass is 595 g/mol. The molecule has 2 heterocycles. The molecule has 0 spiro atoms. The quantitative estimate of drug-likeness (QED) is 0.190. The summed E-state index contributed by atoms with van der Waals surface area (Å²) in [4.78, 5) is 13.3. The van der Waals surface area contributed by atoms with Gasteiger partial charge in [-0.3, -0.25) is 4.79 Å². The van der Waals surface area contributed by atoms with E-state index in [2.05, 4.69) is 12.2 Å². The Hall–Kier alpha value is -4.72. The molecule has 0 saturated carbocycles. The molecule has 0 atom stereocenters. The van der Waals surface area contributed by atoms with Crippen LogP contribution in [-0.4, -0.2) is 48.1 Å². The first-order chi connectivity index (χ1) is 20.8. The highest BCUT2D eigenvalue weighted by Gasteiger charge is 2.28. The van der Waals surface area contributed by atoms with Crippen LogP contribution in [0, 0.1) is 17.2 Å². The van der Waals surface area contributed by atoms with Crippen LogP contribution in [0.5, 0.6) is 5.75 Å². The molecule has 1 aliphatic rings. The smallest absolute Gasteiger partial charge is 0.266 e. The fraction of sp³-hybridized carbons (Fsp3) is 0.242. The second-order valence-electron chi connectivity index (χ2n) is 10.4. The molecule has 0 bridgehead atoms. The lowest BCUT2D eigenvalue weighted by Crippen LogP contribution is -2.37. The van der Waals surface area contributed by atoms with Gasteiger partial charge in [-0.25, -0.2) is 13.1 Å². The molecule has 1 amide bonds. The van der Waals surface area contributed by atoms with E-state index in [9.17, 15) is 18.5 Å². The summed E-state index contributed by atoms with van der Waals surface area (Å²) in [5.74, 6) is 0.587. The molecular weight excluding hydrogens is 562 g/mol. The van der Waals surface area contributed by atoms with Crippen LogP contribution in [0.1, 0.15) is 32.3 Å². The van der Waals surface area contributed by atoms with Crippen molar-refractivity contribution >= 4 is 27.7 Å². The Morgan fingerprint density at radius 3 is 2.47 bits per heavy atom. The van der Waals surface area contributed by atoms with Gasteiger partial charge in [-0.15, -0.1) is 0 Å². The van der Waals surface area contributed by atoms with E-state index in [1.807, 2.05) is 43.3 Å². The van der Waals surface area contributed by atoms with Crippen LogP contribution < -0.4 is 10.1 Å². The Balaban J connectivity index is 1.51. The molecule has 3 aromatic carbocycles. The van der Waals surface area contributed by atoms with Crippen LogP contribution in [-0.2, 0) is 14.8 Å². The number of anilines is 1. The maximum Gasteiger partial charge on any atom is 0.266 e. The number of amides is 1. The number of rotatable bonds is 9. The molecular formula is C33H33N5O4S. The van der Waals surface area contributed by atoms with Gasteiger partial charge in [0.05, 0.1) is 17.2 Å². The second kappa shape index (κ2) is 13.1. The van der Waals surface area contributed by atoms with E-state index in [0.717, 1.165) is 18.5 Å². The van der Waals surface area contributed by atoms with Gasteiger partial charge in [-0.1, -0.05) is 37.3 Å². The summed E-state index contributed by atoms with van der Waals surface area (Å²) in [5, 5.41) is 17.5. The summed E-state index contributed by atoms with van der Waals surface area (Å²) < 4.78 is 35.7. The number of nitrogens with one attached hydrogen (secondary N) is 1. The minimum Gasteiger partial charge on any atom is -0.494 e. The molecule has 1 fully saturated rings. The molecule has 9 nitrogen and oxygen atoms in total. The van der Waals surface area contributed by atoms with Crippen molar-refractivity contribution in [2.75, 3.05) is 25.0 Å². The van der Waals surface area contributed by atoms with Crippen molar-refractivity contribution < 1.29 is 17.9 Å². The Labute approximate surface area is 252 Å². The fourth-order valence-corrected chi connectivity index (χ4v) is 6.43. The Bertz CT molecular complexity index is 1770. The van der Waals surface area contributed by atoms with Gasteiger partial charge in [-0.2, -0.15) is 14.7 Å². The average molecular weight is 596 g/mol. The summed E-state index contributed by atoms with van der Waals surface area (Å²) in [7, 11) is -3.70. The SMILES string of the molecule is CCOc1ccc(NC(=O)/C(C#N)=C\c2cn(-c3ccccc3)nc2-c2cccc(S(=O)(=O)N3CCC(C)CC3)c2)cc1. The standard InChI is InChI=1S/C33H33N5O4S/c1-3-42-30-14-12-28(13-15-30)35-33(39)26(22-34)20-27-23-38(29-9-5-4-6-10-29)36-32(27)25-8-7-11-31(21-25)43(40,41)37-18-16-24(2)17-19-37/h4-15,20-21,23-24H,3,16-19H2,1-2H3,(H,35,39)/b26-20-. The second-order valence-corrected chi connectivity index (χ2v) is 12.3. The molecule has 4 aromatic rings. The van der Waals surface area contributed by atoms with Crippen LogP contribution >= 0.6 is 0 Å². The summed E-state index contributed by atoms with van der Waals surface area (Å²) in [5.41, 5.74) is 2.63. The lowest BCUT2D eigenvalue weighted by atomic mass is 10.0. The first-order valence-electron chi connectivity index (χ1n) is 14.2. The number of benzene rings is 3. The van der Waals surface area contributed by atoms with Gasteiger partial charge in [0.2, 0.25) is 10.0 Å². The zero-order valence-electron chi connectivity index (χ0n) is 24.1. The molecule has 1 N–H and O–H groups in total. The minimum atomic E-state index is -3.70. The average Bonchev–Trinajstić information content (AvgIpc) is 3.45. The van der Waals surface area contributed by atoms with E-state index in [-0.39, 0.29) is 10.5 Å². The highest BCUT2D eigenvalue weighted by atomic mass is 32.2. The van der Waals surface area contributed by atoms with E-state index in [4.69, 9.17) is 9.84 Å². The third kappa shape index (κ3) is 6.85. The minimum absolute atomic E-state index is 0.131. The first kappa shape index (κ1) is 29.8. The number of aromatic nitrogens is 2. The Kier molecular flexibility index (Phi) is 9.04. The van der Waals surface area contributed by atoms with E-state index in [0.29, 0.717) is 53.9 Å². The maximum absolute atomic E-state index is 13.5. The van der Waals surface area contributed by atoms with Gasteiger partial charge in [0.25, 0.3) is 5.91 Å². The lowest BCUT2D eigenvalue weighted by Gasteiger charge is -2.29. The van der Waals surface area contributed by atoms with Gasteiger partial charge in [0, 0.05) is 36.1 Å². The van der Waals surface area contributed by atoms with Crippen molar-refractivity contribution in [3.05, 3.63) is 96.2 Å². The molecule has 1 saturated heterocycles. The van der Waals surface area contributed by atoms with Crippen LogP contribution in [0.15, 0.2) is 95.5 Å². The predicted molar refractivity (Wildman–Crippen MR) is 166 cm³/mol. The molecule has 10 heteroatoms. The molecule has 0 aliphatic carbocycles. The van der Waals surface area contributed by atoms with Crippen LogP contribution in [0.2, 0.25) is 0 Å². The Morgan fingerprint density at radius 2 is 1.79 bits per heavy atom. The van der Waals surface area contributed by atoms with Crippen molar-refractivity contribution in [2.45, 2.75) is 31.6 Å². The van der Waals surface area contributed by atoms with Crippen LogP contribution in [0.4, 0.5) is 5.69 Å². The third-order valence-corrected chi connectivity index (χ3v) is 9.23. The van der Waals surface area contributed by atoms with Crippen molar-refractivity contribution in [2.24, 2.45) is 5.92 Å². The molecule has 5 rings (SSSR count). The van der Waals surface area contributed by atoms with Crippen molar-refractivity contribution in [3.8, 4) is 28.8 Å². The Morgan fingerprint density at radius 1 is 1.07 bits per heavy atom. The zero-order chi connectivity index (χ0) is 30.4. The van der Waals surface area contributed by atoms with E-state index in [1.165, 1.54) is 10.4 Å². The van der Waals surface area contributed by atoms with Gasteiger partial charge in [0.15, 0.2) is 0 Å². The molecule has 0 unspecified atom stereocenters. The number of nitriles is 1. The number of carbonyl (C=O) groups is 1. The van der Waals surface area contributed by atoms with E-state index >= 15 is 0 Å². The molecule has 1 aliphatic heterocycles. The van der Waals surface area contributed by atoms with Crippen molar-refractivity contribution in [1.29, 1.82) is 5.26 Å². The van der Waals surface area contributed by atoms with Gasteiger partial charge >= 0.3 is 0 Å². The zero-order valence-corrected chi connectivity index (χ0v) is 24.9. The lowest BCUT2D eigenvalue weighted by molar-refractivity contribution is -0.112. The van der Waals surface area contributed by atoms with Gasteiger partial charge < -0.3 is 10.1 Å². The number of hydrogen-bond donors (Lipinski definition) is 1. The number of para-hydroxylation sites is 1. The molecule has 220 valence electrons. The summed E-state index contributed by atoms with van der Waals surface area (Å²) in [6.45, 7) is 5.52. The number of hydrogen-bond acceptors (Lipinski definition) is 6. The van der Waals surface area contributed by atoms with E-state index < -0.39 is 15.9 Å². The first-order valence-corrected chi connectivity index (χ1v) is 15.6. The highest BCUT2D eigenvalue weighted by molar-refractivity contribution is 7.89. The number of sulfonamides is 1. The van der Waals surface area contributed by atoms with Gasteiger partial charge in [-0.05, 0) is 80.3 Å². The van der Waals surface area contributed by atoms with Crippen LogP contribution in [0.25, 0.3) is 23.0 Å². The summed E-state index contributed by atoms with van der Waals surface area (Å²) in [6.07, 6.45) is 4.84. The number of carbonyl (C=O) groups excluding carboxylic acids is 1. The number of piperidine rings is 1. The normalized spacial score (nSPS) is 14.7. The van der Waals surface area contributed by atoms with Gasteiger partial charge in [0.1, 0.15) is 23.1 Å². The highest BCUT2D eigenvalue weighted by Crippen LogP contribution is 2.30. The van der Waals surface area contributed by atoms with E-state index in [1.54, 1.807) is 59.4 Å². The van der Waals surface area contributed by atoms with Crippen molar-refractivity contribution in [3.63, 3.8) is 0 Å². The number of nitrogens with zero attached hydrogens (tertiary/aromatic N) is 4. The summed E-state index contributed by atoms with van der Waals surface area (Å²) in [6, 6.07) is 24.9. The third-order valence-electron chi connectivity index (χ3n) is 7.34. The largest absolute Gasteiger partial charge is 0.494 e. The van der Waals surface area contributed by atoms with Crippen molar-refractivity contribution in [1.82, 2.24) is 14.1 Å². The molecule has 43 heavy (non-hydrogen) atoms. The maximum atomic E-state index is 13.5.